The van der Waals surface area contributed by atoms with E-state index in [9.17, 15) is 38.4 Å². The number of hydrogen-bond donors (Lipinski definition) is 8. The molecule has 0 unspecified atom stereocenters. The van der Waals surface area contributed by atoms with Gasteiger partial charge in [0.2, 0.25) is 0 Å². The van der Waals surface area contributed by atoms with E-state index in [1.54, 1.807) is 28.2 Å². The van der Waals surface area contributed by atoms with E-state index in [1.807, 2.05) is 98.8 Å². The van der Waals surface area contributed by atoms with Gasteiger partial charge in [0.25, 0.3) is 43.4 Å². The maximum absolute atomic E-state index is 11.3. The smallest absolute Gasteiger partial charge is 0.253 e. The van der Waals surface area contributed by atoms with Crippen LogP contribution in [-0.2, 0) is 13.0 Å². The monoisotopic (exact) mass is 848 g/mol. The summed E-state index contributed by atoms with van der Waals surface area (Å²) in [5, 5.41) is 22.5. The van der Waals surface area contributed by atoms with Crippen LogP contribution in [0.1, 0.15) is 38.5 Å². The van der Waals surface area contributed by atoms with E-state index >= 15 is 0 Å². The third-order valence-electron chi connectivity index (χ3n) is 9.15. The molecule has 7 rings (SSSR count). The second kappa shape index (κ2) is 23.8. The minimum atomic E-state index is -0.467. The molecule has 0 bridgehead atoms. The predicted octanol–water partition coefficient (Wildman–Crippen LogP) is 4.32. The van der Waals surface area contributed by atoms with Gasteiger partial charge in [0.1, 0.15) is 45.5 Å². The highest BCUT2D eigenvalue weighted by Crippen LogP contribution is 2.21. The molecule has 0 saturated heterocycles. The first-order valence-corrected chi connectivity index (χ1v) is 19.0. The zero-order valence-electron chi connectivity index (χ0n) is 34.2. The maximum Gasteiger partial charge on any atom is 0.253 e. The molecule has 0 aliphatic carbocycles. The van der Waals surface area contributed by atoms with E-state index in [-0.39, 0.29) is 14.9 Å². The number of aryl methyl sites for hydroxylation is 1. The van der Waals surface area contributed by atoms with Crippen LogP contribution in [0, 0.1) is 6.92 Å². The lowest BCUT2D eigenvalue weighted by atomic mass is 10.1. The van der Waals surface area contributed by atoms with Crippen molar-refractivity contribution in [2.45, 2.75) is 41.7 Å². The Kier molecular flexibility index (Phi) is 19.4. The molecule has 0 aliphatic rings. The largest absolute Gasteiger partial charge is 0.383 e. The molecule has 7 aromatic carbocycles. The molecule has 8 N–H and O–H groups in total. The molecule has 0 fully saturated rings. The van der Waals surface area contributed by atoms with Crippen molar-refractivity contribution in [3.63, 3.8) is 0 Å². The first-order chi connectivity index (χ1) is 28.8. The Hall–Kier alpha value is -7.62. The fraction of sp³-hybridized carbons (Fsp3) is 0.261. The van der Waals surface area contributed by atoms with Crippen molar-refractivity contribution in [2.24, 2.45) is 0 Å². The standard InChI is InChI=1S/C13H14N2O2.2C12H12N2O2.C7H10N2O2.2CH4/c1-14-10-11(13(17)12(10)16)15-8-7-9-5-3-2-4-6-9;1-7-4-3-5-8(6-7)14-10-9(13-2)11(15)12(10)16;1-13-9-10(12(16)11(9)15)14-7-8-5-3-2-4-6-8;1-3-9-5-4(8-2)6(10)7(5)11;;/h2-6,14-15H,7-8H2,1H3;3-6,13-14H,1-2H3;2-6,13-14H,7H2,1H3;8-9H,3H2,1-2H3;2*1H4. The fourth-order valence-electron chi connectivity index (χ4n) is 5.95. The van der Waals surface area contributed by atoms with Gasteiger partial charge in [-0.1, -0.05) is 87.6 Å². The molecular formula is C46H56N8O8. The van der Waals surface area contributed by atoms with Crippen molar-refractivity contribution in [1.29, 1.82) is 0 Å². The maximum atomic E-state index is 11.3. The topological polar surface area (TPSA) is 233 Å². The van der Waals surface area contributed by atoms with Gasteiger partial charge in [-0.3, -0.25) is 38.4 Å². The van der Waals surface area contributed by atoms with Crippen molar-refractivity contribution in [3.05, 3.63) is 183 Å². The molecule has 0 amide bonds. The summed E-state index contributed by atoms with van der Waals surface area (Å²) >= 11 is 0. The van der Waals surface area contributed by atoms with Gasteiger partial charge in [-0.2, -0.15) is 0 Å². The van der Waals surface area contributed by atoms with Gasteiger partial charge in [-0.05, 0) is 49.1 Å². The van der Waals surface area contributed by atoms with Crippen molar-refractivity contribution < 1.29 is 0 Å². The number of nitrogens with one attached hydrogen (secondary N) is 8. The van der Waals surface area contributed by atoms with Crippen molar-refractivity contribution in [3.8, 4) is 0 Å². The molecule has 328 valence electrons. The second-order valence-electron chi connectivity index (χ2n) is 13.2. The summed E-state index contributed by atoms with van der Waals surface area (Å²) in [6, 6.07) is 27.3. The normalized spacial score (nSPS) is 9.97. The average Bonchev–Trinajstić information content (AvgIpc) is 3.27. The van der Waals surface area contributed by atoms with Gasteiger partial charge in [-0.25, -0.2) is 0 Å². The van der Waals surface area contributed by atoms with Gasteiger partial charge < -0.3 is 42.5 Å². The van der Waals surface area contributed by atoms with Crippen LogP contribution in [0.3, 0.4) is 0 Å². The van der Waals surface area contributed by atoms with Gasteiger partial charge in [0, 0.05) is 53.5 Å². The molecule has 0 radical (unpaired) electrons. The van der Waals surface area contributed by atoms with E-state index in [0.717, 1.165) is 23.2 Å². The van der Waals surface area contributed by atoms with Gasteiger partial charge in [0.05, 0.1) is 0 Å². The average molecular weight is 849 g/mol. The third-order valence-corrected chi connectivity index (χ3v) is 9.15. The summed E-state index contributed by atoms with van der Waals surface area (Å²) in [6.45, 7) is 5.67. The molecule has 0 aliphatic heterocycles. The minimum absolute atomic E-state index is 0. The highest BCUT2D eigenvalue weighted by molar-refractivity contribution is 5.79. The first kappa shape index (κ1) is 50.5. The number of rotatable bonds is 15. The molecular weight excluding hydrogens is 793 g/mol. The highest BCUT2D eigenvalue weighted by Gasteiger charge is 2.21. The molecule has 0 saturated carbocycles. The first-order valence-electron chi connectivity index (χ1n) is 19.0. The highest BCUT2D eigenvalue weighted by atomic mass is 16.2. The van der Waals surface area contributed by atoms with Crippen molar-refractivity contribution >= 4 is 51.2 Å². The van der Waals surface area contributed by atoms with Gasteiger partial charge >= 0.3 is 0 Å². The van der Waals surface area contributed by atoms with Crippen LogP contribution in [0.15, 0.2) is 123 Å². The molecule has 0 aromatic heterocycles. The van der Waals surface area contributed by atoms with Crippen LogP contribution in [0.5, 0.6) is 0 Å². The SMILES string of the molecule is C.C.CCNc1c(NC)c(=O)c1=O.CNc1c(NCCc2ccccc2)c(=O)c1=O.CNc1c(NCc2ccccc2)c(=O)c1=O.CNc1c(Nc2cccc(C)c2)c(=O)c1=O. The fourth-order valence-corrected chi connectivity index (χ4v) is 5.95. The van der Waals surface area contributed by atoms with E-state index in [0.29, 0.717) is 65.1 Å². The quantitative estimate of drug-likeness (QED) is 0.0672. The summed E-state index contributed by atoms with van der Waals surface area (Å²) in [7, 11) is 6.51. The van der Waals surface area contributed by atoms with Gasteiger partial charge in [-0.15, -0.1) is 0 Å². The Morgan fingerprint density at radius 3 is 1.24 bits per heavy atom. The molecule has 0 atom stereocenters. The van der Waals surface area contributed by atoms with Crippen LogP contribution in [0.4, 0.5) is 51.2 Å². The van der Waals surface area contributed by atoms with Crippen LogP contribution in [0.2, 0.25) is 0 Å². The van der Waals surface area contributed by atoms with Gasteiger partial charge in [0.15, 0.2) is 0 Å². The Balaban J connectivity index is 0.000000285. The second-order valence-corrected chi connectivity index (χ2v) is 13.2. The van der Waals surface area contributed by atoms with Crippen LogP contribution >= 0.6 is 0 Å². The minimum Gasteiger partial charge on any atom is -0.383 e. The molecule has 62 heavy (non-hydrogen) atoms. The molecule has 0 spiro atoms. The summed E-state index contributed by atoms with van der Waals surface area (Å²) in [4.78, 5) is 88.8. The lowest BCUT2D eigenvalue weighted by molar-refractivity contribution is 1.01. The molecule has 7 aromatic rings. The van der Waals surface area contributed by atoms with E-state index in [2.05, 4.69) is 42.5 Å². The Labute approximate surface area is 359 Å². The lowest BCUT2D eigenvalue weighted by Crippen LogP contribution is -2.37. The van der Waals surface area contributed by atoms with Crippen molar-refractivity contribution in [1.82, 2.24) is 0 Å². The molecule has 16 heteroatoms. The number of benzene rings is 3. The zero-order chi connectivity index (χ0) is 43.9. The molecule has 0 heterocycles. The van der Waals surface area contributed by atoms with Crippen molar-refractivity contribution in [2.75, 3.05) is 83.8 Å². The lowest BCUT2D eigenvalue weighted by Gasteiger charge is -2.12. The van der Waals surface area contributed by atoms with E-state index in [4.69, 9.17) is 0 Å². The molecule has 16 nitrogen and oxygen atoms in total. The summed E-state index contributed by atoms with van der Waals surface area (Å²) in [5.41, 5.74) is 3.72. The van der Waals surface area contributed by atoms with Crippen LogP contribution < -0.4 is 86.0 Å². The van der Waals surface area contributed by atoms with E-state index < -0.39 is 43.4 Å². The third kappa shape index (κ3) is 11.8. The van der Waals surface area contributed by atoms with Crippen LogP contribution in [-0.4, -0.2) is 41.3 Å². The predicted molar refractivity (Wildman–Crippen MR) is 258 cm³/mol. The summed E-state index contributed by atoms with van der Waals surface area (Å²) < 4.78 is 0. The zero-order valence-corrected chi connectivity index (χ0v) is 34.2. The van der Waals surface area contributed by atoms with Crippen LogP contribution in [0.25, 0.3) is 0 Å². The number of anilines is 9. The Morgan fingerprint density at radius 2 is 0.806 bits per heavy atom. The van der Waals surface area contributed by atoms with E-state index in [1.165, 1.54) is 5.56 Å². The summed E-state index contributed by atoms with van der Waals surface area (Å²) in [5.74, 6) is 0. The Morgan fingerprint density at radius 1 is 0.419 bits per heavy atom. The summed E-state index contributed by atoms with van der Waals surface area (Å²) in [6.07, 6.45) is 0.822. The Bertz CT molecular complexity index is 2810. The number of hydrogen-bond acceptors (Lipinski definition) is 16.